The number of urea groups is 1. The molecule has 2 fully saturated rings. The highest BCUT2D eigenvalue weighted by Crippen LogP contribution is 2.33. The number of carbonyl (C=O) groups is 1. The number of nitrogens with one attached hydrogen (secondary N) is 2. The van der Waals surface area contributed by atoms with Gasteiger partial charge in [-0.05, 0) is 50.6 Å². The van der Waals surface area contributed by atoms with Crippen molar-refractivity contribution < 1.29 is 14.3 Å². The topological polar surface area (TPSA) is 62.8 Å². The second-order valence-electron chi connectivity index (χ2n) is 10.5. The summed E-state index contributed by atoms with van der Waals surface area (Å²) in [6, 6.07) is 10.8. The first-order chi connectivity index (χ1) is 17.2. The zero-order valence-electron chi connectivity index (χ0n) is 22.2. The van der Waals surface area contributed by atoms with Gasteiger partial charge in [-0.1, -0.05) is 69.4 Å². The Kier molecular flexibility index (Phi) is 12.9. The highest BCUT2D eigenvalue weighted by Gasteiger charge is 2.32. The Bertz CT molecular complexity index is 696. The molecule has 1 heterocycles. The lowest BCUT2D eigenvalue weighted by molar-refractivity contribution is -0.0189. The van der Waals surface area contributed by atoms with Gasteiger partial charge in [0.1, 0.15) is 0 Å². The van der Waals surface area contributed by atoms with Gasteiger partial charge in [-0.15, -0.1) is 0 Å². The van der Waals surface area contributed by atoms with Crippen molar-refractivity contribution in [2.45, 2.75) is 83.3 Å². The maximum absolute atomic E-state index is 13.3. The molecule has 1 saturated carbocycles. The smallest absolute Gasteiger partial charge is 0.317 e. The van der Waals surface area contributed by atoms with Crippen LogP contribution in [0.2, 0.25) is 0 Å². The zero-order chi connectivity index (χ0) is 24.7. The Labute approximate surface area is 213 Å². The lowest BCUT2D eigenvalue weighted by atomic mass is 9.85. The van der Waals surface area contributed by atoms with Crippen LogP contribution in [0.4, 0.5) is 4.79 Å². The predicted molar refractivity (Wildman–Crippen MR) is 143 cm³/mol. The molecule has 35 heavy (non-hydrogen) atoms. The molecule has 1 aromatic rings. The number of hydrogen-bond acceptors (Lipinski definition) is 4. The molecule has 2 N–H and O–H groups in total. The Morgan fingerprint density at radius 2 is 1.86 bits per heavy atom. The molecule has 2 amide bonds. The lowest BCUT2D eigenvalue weighted by Crippen LogP contribution is -2.52. The number of piperidine rings is 1. The molecule has 1 saturated heterocycles. The van der Waals surface area contributed by atoms with Gasteiger partial charge in [0.05, 0.1) is 6.10 Å². The molecule has 3 atom stereocenters. The number of nitrogens with zero attached hydrogens (tertiary/aromatic N) is 1. The summed E-state index contributed by atoms with van der Waals surface area (Å²) >= 11 is 0. The summed E-state index contributed by atoms with van der Waals surface area (Å²) in [6.45, 7) is 6.75. The highest BCUT2D eigenvalue weighted by atomic mass is 16.5. The summed E-state index contributed by atoms with van der Waals surface area (Å²) in [4.78, 5) is 15.3. The van der Waals surface area contributed by atoms with E-state index in [9.17, 15) is 4.79 Å². The van der Waals surface area contributed by atoms with Crippen LogP contribution in [0.3, 0.4) is 0 Å². The van der Waals surface area contributed by atoms with Crippen LogP contribution in [-0.2, 0) is 9.47 Å². The monoisotopic (exact) mass is 487 g/mol. The van der Waals surface area contributed by atoms with E-state index in [4.69, 9.17) is 9.47 Å². The van der Waals surface area contributed by atoms with E-state index in [-0.39, 0.29) is 18.2 Å². The molecule has 1 aromatic carbocycles. The molecule has 6 heteroatoms. The largest absolute Gasteiger partial charge is 0.381 e. The molecule has 2 unspecified atom stereocenters. The first-order valence-electron chi connectivity index (χ1n) is 14.2. The molecule has 0 aromatic heterocycles. The third-order valence-electron chi connectivity index (χ3n) is 7.50. The van der Waals surface area contributed by atoms with Crippen LogP contribution in [0.5, 0.6) is 0 Å². The fourth-order valence-electron chi connectivity index (χ4n) is 5.74. The molecule has 198 valence electrons. The summed E-state index contributed by atoms with van der Waals surface area (Å²) in [7, 11) is 1.98. The Morgan fingerprint density at radius 1 is 1.06 bits per heavy atom. The van der Waals surface area contributed by atoms with Gasteiger partial charge in [0.15, 0.2) is 0 Å². The first-order valence-corrected chi connectivity index (χ1v) is 14.2. The van der Waals surface area contributed by atoms with Gasteiger partial charge < -0.3 is 25.0 Å². The van der Waals surface area contributed by atoms with Crippen molar-refractivity contribution in [2.24, 2.45) is 11.8 Å². The van der Waals surface area contributed by atoms with Gasteiger partial charge in [-0.3, -0.25) is 0 Å². The van der Waals surface area contributed by atoms with Crippen LogP contribution in [0.25, 0.3) is 0 Å². The number of rotatable bonds is 14. The van der Waals surface area contributed by atoms with Gasteiger partial charge in [0.25, 0.3) is 0 Å². The number of amides is 2. The maximum atomic E-state index is 13.3. The van der Waals surface area contributed by atoms with Crippen molar-refractivity contribution in [3.05, 3.63) is 35.9 Å². The van der Waals surface area contributed by atoms with Gasteiger partial charge in [-0.25, -0.2) is 4.79 Å². The van der Waals surface area contributed by atoms with Crippen molar-refractivity contribution >= 4 is 6.03 Å². The van der Waals surface area contributed by atoms with Crippen LogP contribution in [0, 0.1) is 11.8 Å². The second-order valence-corrected chi connectivity index (χ2v) is 10.5. The summed E-state index contributed by atoms with van der Waals surface area (Å²) in [5, 5.41) is 6.67. The van der Waals surface area contributed by atoms with E-state index in [0.29, 0.717) is 12.5 Å². The van der Waals surface area contributed by atoms with Crippen molar-refractivity contribution in [1.82, 2.24) is 15.5 Å². The van der Waals surface area contributed by atoms with Gasteiger partial charge in [0, 0.05) is 51.4 Å². The van der Waals surface area contributed by atoms with E-state index >= 15 is 0 Å². The second kappa shape index (κ2) is 16.2. The molecule has 0 radical (unpaired) electrons. The van der Waals surface area contributed by atoms with Crippen LogP contribution in [0.15, 0.2) is 30.3 Å². The number of likely N-dealkylation sites (N-methyl/N-ethyl adjacent to an activating group) is 1. The zero-order valence-corrected chi connectivity index (χ0v) is 22.2. The van der Waals surface area contributed by atoms with E-state index in [2.05, 4.69) is 41.8 Å². The summed E-state index contributed by atoms with van der Waals surface area (Å²) in [5.41, 5.74) is 1.21. The molecule has 0 bridgehead atoms. The Morgan fingerprint density at radius 3 is 2.60 bits per heavy atom. The average molecular weight is 488 g/mol. The predicted octanol–water partition coefficient (Wildman–Crippen LogP) is 5.54. The molecule has 1 aliphatic heterocycles. The molecule has 3 rings (SSSR count). The van der Waals surface area contributed by atoms with E-state index in [1.54, 1.807) is 0 Å². The van der Waals surface area contributed by atoms with E-state index < -0.39 is 0 Å². The Hall–Kier alpha value is -1.63. The normalized spacial score (nSPS) is 21.0. The van der Waals surface area contributed by atoms with Crippen LogP contribution in [0.1, 0.15) is 82.8 Å². The minimum Gasteiger partial charge on any atom is -0.381 e. The summed E-state index contributed by atoms with van der Waals surface area (Å²) in [5.74, 6) is 1.04. The fraction of sp³-hybridized carbons (Fsp3) is 0.759. The quantitative estimate of drug-likeness (QED) is 0.338. The van der Waals surface area contributed by atoms with Crippen LogP contribution >= 0.6 is 0 Å². The fourth-order valence-corrected chi connectivity index (χ4v) is 5.74. The molecule has 1 aliphatic carbocycles. The van der Waals surface area contributed by atoms with Crippen LogP contribution in [-0.4, -0.2) is 63.5 Å². The molecule has 0 spiro atoms. The van der Waals surface area contributed by atoms with Crippen molar-refractivity contribution in [3.63, 3.8) is 0 Å². The number of ether oxygens (including phenoxy) is 2. The number of hydrogen-bond donors (Lipinski definition) is 2. The van der Waals surface area contributed by atoms with Crippen molar-refractivity contribution in [1.29, 1.82) is 0 Å². The third-order valence-corrected chi connectivity index (χ3v) is 7.50. The van der Waals surface area contributed by atoms with Gasteiger partial charge in [0.2, 0.25) is 0 Å². The summed E-state index contributed by atoms with van der Waals surface area (Å²) in [6.07, 6.45) is 11.8. The summed E-state index contributed by atoms with van der Waals surface area (Å²) < 4.78 is 12.1. The lowest BCUT2D eigenvalue weighted by Gasteiger charge is -2.38. The molecule has 6 nitrogen and oxygen atoms in total. The standard InChI is InChI=1S/C29H49N3O3/c1-3-18-34-19-11-20-35-28(25-14-8-5-9-15-25)26-16-10-17-32(23-26)29(33)31-27(22-30-2)21-24-12-6-4-7-13-24/h5,8-9,14-15,24,26-28,30H,3-4,6-7,10-13,16-23H2,1-2H3,(H,31,33)/t26?,27-,28?/m0/s1. The third kappa shape index (κ3) is 9.74. The number of likely N-dealkylation sites (tertiary alicyclic amines) is 1. The number of benzene rings is 1. The van der Waals surface area contributed by atoms with E-state index in [1.165, 1.54) is 37.7 Å². The van der Waals surface area contributed by atoms with E-state index in [1.807, 2.05) is 18.0 Å². The highest BCUT2D eigenvalue weighted by molar-refractivity contribution is 5.74. The van der Waals surface area contributed by atoms with Crippen molar-refractivity contribution in [3.8, 4) is 0 Å². The van der Waals surface area contributed by atoms with Gasteiger partial charge in [-0.2, -0.15) is 0 Å². The minimum atomic E-state index is 0.00770. The maximum Gasteiger partial charge on any atom is 0.317 e. The Balaban J connectivity index is 1.56. The van der Waals surface area contributed by atoms with Crippen LogP contribution < -0.4 is 10.6 Å². The number of carbonyl (C=O) groups excluding carboxylic acids is 1. The molecule has 2 aliphatic rings. The minimum absolute atomic E-state index is 0.00770. The molecular formula is C29H49N3O3. The SMILES string of the molecule is CCCOCCCOC(c1ccccc1)C1CCCN(C(=O)N[C@H](CNC)CC2CCCCC2)C1. The average Bonchev–Trinajstić information content (AvgIpc) is 2.89. The van der Waals surface area contributed by atoms with Gasteiger partial charge >= 0.3 is 6.03 Å². The van der Waals surface area contributed by atoms with Crippen molar-refractivity contribution in [2.75, 3.05) is 46.5 Å². The van der Waals surface area contributed by atoms with E-state index in [0.717, 1.165) is 70.9 Å². The first kappa shape index (κ1) is 27.9. The molecular weight excluding hydrogens is 438 g/mol.